The molecule has 2 rings (SSSR count). The third kappa shape index (κ3) is 3.66. The van der Waals surface area contributed by atoms with Crippen LogP contribution in [0.2, 0.25) is 0 Å². The number of nitrogens with zero attached hydrogens (tertiary/aromatic N) is 3. The van der Waals surface area contributed by atoms with E-state index in [0.29, 0.717) is 11.6 Å². The molecule has 6 nitrogen and oxygen atoms in total. The van der Waals surface area contributed by atoms with Gasteiger partial charge in [-0.3, -0.25) is 4.79 Å². The summed E-state index contributed by atoms with van der Waals surface area (Å²) in [5, 5.41) is 0. The van der Waals surface area contributed by atoms with Crippen LogP contribution in [0.25, 0.3) is 11.4 Å². The number of carbonyl (C=O) groups is 2. The largest absolute Gasteiger partial charge is 0.454 e. The summed E-state index contributed by atoms with van der Waals surface area (Å²) in [5.74, 6) is 0.134. The summed E-state index contributed by atoms with van der Waals surface area (Å²) in [4.78, 5) is 33.3. The smallest absolute Gasteiger partial charge is 0.343 e. The summed E-state index contributed by atoms with van der Waals surface area (Å²) in [6.45, 7) is 1.10. The number of benzene rings is 1. The van der Waals surface area contributed by atoms with Gasteiger partial charge in [0.2, 0.25) is 0 Å². The Morgan fingerprint density at radius 2 is 1.86 bits per heavy atom. The Kier molecular flexibility index (Phi) is 4.83. The second kappa shape index (κ2) is 6.80. The quantitative estimate of drug-likeness (QED) is 0.786. The molecule has 1 aromatic carbocycles. The third-order valence-corrected chi connectivity index (χ3v) is 2.85. The van der Waals surface area contributed by atoms with Gasteiger partial charge in [0.05, 0.1) is 0 Å². The van der Waals surface area contributed by atoms with E-state index < -0.39 is 5.97 Å². The number of ketones is 1. The van der Waals surface area contributed by atoms with Crippen molar-refractivity contribution in [3.05, 3.63) is 42.1 Å². The number of carbonyl (C=O) groups excluding carboxylic acids is 2. The average molecular weight is 299 g/mol. The maximum atomic E-state index is 12.0. The first kappa shape index (κ1) is 15.6. The van der Waals surface area contributed by atoms with Crippen LogP contribution in [-0.2, 0) is 9.53 Å². The number of hydrogen-bond acceptors (Lipinski definition) is 6. The summed E-state index contributed by atoms with van der Waals surface area (Å²) in [7, 11) is 3.55. The Hall–Kier alpha value is -2.76. The molecule has 1 aromatic heterocycles. The van der Waals surface area contributed by atoms with Crippen LogP contribution in [0.5, 0.6) is 0 Å². The van der Waals surface area contributed by atoms with Gasteiger partial charge < -0.3 is 9.64 Å². The second-order valence-electron chi connectivity index (χ2n) is 4.97. The topological polar surface area (TPSA) is 72.4 Å². The van der Waals surface area contributed by atoms with Crippen molar-refractivity contribution in [3.8, 4) is 11.4 Å². The van der Waals surface area contributed by atoms with Crippen LogP contribution < -0.4 is 4.90 Å². The van der Waals surface area contributed by atoms with Gasteiger partial charge in [0, 0.05) is 25.9 Å². The molecule has 0 radical (unpaired) electrons. The van der Waals surface area contributed by atoms with Gasteiger partial charge in [-0.25, -0.2) is 14.8 Å². The Morgan fingerprint density at radius 3 is 2.45 bits per heavy atom. The average Bonchev–Trinajstić information content (AvgIpc) is 2.52. The molecule has 114 valence electrons. The van der Waals surface area contributed by atoms with Crippen LogP contribution in [0.4, 0.5) is 5.82 Å². The first-order chi connectivity index (χ1) is 10.5. The van der Waals surface area contributed by atoms with Gasteiger partial charge in [0.15, 0.2) is 11.6 Å². The van der Waals surface area contributed by atoms with Gasteiger partial charge >= 0.3 is 5.97 Å². The van der Waals surface area contributed by atoms with Gasteiger partial charge in [-0.15, -0.1) is 0 Å². The molecule has 0 aliphatic carbocycles. The van der Waals surface area contributed by atoms with Crippen LogP contribution in [0.15, 0.2) is 36.5 Å². The highest BCUT2D eigenvalue weighted by molar-refractivity contribution is 5.96. The van der Waals surface area contributed by atoms with Gasteiger partial charge in [-0.1, -0.05) is 30.3 Å². The molecule has 6 heteroatoms. The SMILES string of the molecule is CC(=O)COC(=O)c1cnc(-c2ccccc2)nc1N(C)C. The molecule has 2 aromatic rings. The fourth-order valence-corrected chi connectivity index (χ4v) is 1.83. The van der Waals surface area contributed by atoms with Crippen molar-refractivity contribution in [2.45, 2.75) is 6.92 Å². The van der Waals surface area contributed by atoms with Gasteiger partial charge in [0.25, 0.3) is 0 Å². The van der Waals surface area contributed by atoms with E-state index in [2.05, 4.69) is 9.97 Å². The predicted molar refractivity (Wildman–Crippen MR) is 82.8 cm³/mol. The molecule has 0 unspecified atom stereocenters. The highest BCUT2D eigenvalue weighted by atomic mass is 16.5. The molecule has 0 fully saturated rings. The fraction of sp³-hybridized carbons (Fsp3) is 0.250. The van der Waals surface area contributed by atoms with E-state index in [0.717, 1.165) is 5.56 Å². The van der Waals surface area contributed by atoms with E-state index in [1.165, 1.54) is 13.1 Å². The zero-order valence-corrected chi connectivity index (χ0v) is 12.7. The molecule has 0 spiro atoms. The summed E-state index contributed by atoms with van der Waals surface area (Å²) in [5.41, 5.74) is 1.08. The van der Waals surface area contributed by atoms with E-state index in [-0.39, 0.29) is 18.0 Å². The number of esters is 1. The lowest BCUT2D eigenvalue weighted by Gasteiger charge is -2.16. The molecule has 0 atom stereocenters. The summed E-state index contributed by atoms with van der Waals surface area (Å²) in [6.07, 6.45) is 1.42. The first-order valence-corrected chi connectivity index (χ1v) is 6.75. The van der Waals surface area contributed by atoms with Gasteiger partial charge in [-0.2, -0.15) is 0 Å². The molecule has 22 heavy (non-hydrogen) atoms. The number of Topliss-reactive ketones (excluding diaryl/α,β-unsaturated/α-hetero) is 1. The minimum Gasteiger partial charge on any atom is -0.454 e. The zero-order chi connectivity index (χ0) is 16.1. The Morgan fingerprint density at radius 1 is 1.18 bits per heavy atom. The zero-order valence-electron chi connectivity index (χ0n) is 12.7. The van der Waals surface area contributed by atoms with Crippen molar-refractivity contribution < 1.29 is 14.3 Å². The Bertz CT molecular complexity index is 684. The van der Waals surface area contributed by atoms with E-state index in [1.54, 1.807) is 19.0 Å². The molecule has 0 saturated heterocycles. The Balaban J connectivity index is 2.36. The van der Waals surface area contributed by atoms with Crippen LogP contribution in [0.1, 0.15) is 17.3 Å². The first-order valence-electron chi connectivity index (χ1n) is 6.75. The molecule has 0 aliphatic rings. The van der Waals surface area contributed by atoms with Crippen molar-refractivity contribution in [2.24, 2.45) is 0 Å². The lowest BCUT2D eigenvalue weighted by molar-refractivity contribution is -0.120. The second-order valence-corrected chi connectivity index (χ2v) is 4.97. The Labute approximate surface area is 128 Å². The van der Waals surface area contributed by atoms with Crippen molar-refractivity contribution in [2.75, 3.05) is 25.6 Å². The van der Waals surface area contributed by atoms with Crippen LogP contribution in [-0.4, -0.2) is 42.4 Å². The maximum Gasteiger partial charge on any atom is 0.343 e. The van der Waals surface area contributed by atoms with Crippen molar-refractivity contribution >= 4 is 17.6 Å². The predicted octanol–water partition coefficient (Wildman–Crippen LogP) is 1.96. The third-order valence-electron chi connectivity index (χ3n) is 2.85. The molecule has 0 aliphatic heterocycles. The maximum absolute atomic E-state index is 12.0. The highest BCUT2D eigenvalue weighted by Crippen LogP contribution is 2.21. The molecular formula is C16H17N3O3. The normalized spacial score (nSPS) is 10.1. The number of hydrogen-bond donors (Lipinski definition) is 0. The number of rotatable bonds is 5. The highest BCUT2D eigenvalue weighted by Gasteiger charge is 2.18. The van der Waals surface area contributed by atoms with Crippen molar-refractivity contribution in [1.82, 2.24) is 9.97 Å². The monoisotopic (exact) mass is 299 g/mol. The van der Waals surface area contributed by atoms with Crippen LogP contribution in [0.3, 0.4) is 0 Å². The molecule has 0 bridgehead atoms. The van der Waals surface area contributed by atoms with E-state index in [9.17, 15) is 9.59 Å². The molecule has 0 saturated carbocycles. The van der Waals surface area contributed by atoms with Gasteiger partial charge in [-0.05, 0) is 6.92 Å². The van der Waals surface area contributed by atoms with E-state index in [4.69, 9.17) is 4.74 Å². The number of ether oxygens (including phenoxy) is 1. The molecular weight excluding hydrogens is 282 g/mol. The minimum absolute atomic E-state index is 0.221. The van der Waals surface area contributed by atoms with E-state index in [1.807, 2.05) is 30.3 Å². The standard InChI is InChI=1S/C16H17N3O3/c1-11(20)10-22-16(21)13-9-17-14(18-15(13)19(2)3)12-7-5-4-6-8-12/h4-9H,10H2,1-3H3. The van der Waals surface area contributed by atoms with Crippen molar-refractivity contribution in [3.63, 3.8) is 0 Å². The minimum atomic E-state index is -0.612. The van der Waals surface area contributed by atoms with Crippen LogP contribution in [0, 0.1) is 0 Å². The summed E-state index contributed by atoms with van der Waals surface area (Å²) in [6, 6.07) is 9.47. The van der Waals surface area contributed by atoms with E-state index >= 15 is 0 Å². The van der Waals surface area contributed by atoms with Gasteiger partial charge in [0.1, 0.15) is 18.0 Å². The molecule has 1 heterocycles. The summed E-state index contributed by atoms with van der Waals surface area (Å²) >= 11 is 0. The lowest BCUT2D eigenvalue weighted by Crippen LogP contribution is -2.19. The van der Waals surface area contributed by atoms with Crippen molar-refractivity contribution in [1.29, 1.82) is 0 Å². The fourth-order valence-electron chi connectivity index (χ4n) is 1.83. The van der Waals surface area contributed by atoms with Crippen LogP contribution >= 0.6 is 0 Å². The lowest BCUT2D eigenvalue weighted by atomic mass is 10.2. The molecule has 0 N–H and O–H groups in total. The number of aromatic nitrogens is 2. The molecule has 0 amide bonds. The summed E-state index contributed by atoms with van der Waals surface area (Å²) < 4.78 is 4.93. The number of anilines is 1.